The minimum atomic E-state index is -1.11. The van der Waals surface area contributed by atoms with Gasteiger partial charge in [-0.1, -0.05) is 12.7 Å². The summed E-state index contributed by atoms with van der Waals surface area (Å²) in [6, 6.07) is 7.34. The Balaban J connectivity index is 1.99. The number of benzene rings is 1. The fourth-order valence-corrected chi connectivity index (χ4v) is 2.82. The Hall–Kier alpha value is -1.17. The van der Waals surface area contributed by atoms with Gasteiger partial charge in [0.25, 0.3) is 0 Å². The molecule has 0 amide bonds. The standard InChI is InChI=1S/C13H17NO3S/c1-2-9-17-12-3-5-13(6-4-12)18(15)14-7-10-16-11-8-14/h2-6H,1,7-11H2. The number of rotatable bonds is 5. The zero-order valence-electron chi connectivity index (χ0n) is 10.2. The summed E-state index contributed by atoms with van der Waals surface area (Å²) in [5.41, 5.74) is 0. The molecule has 1 heterocycles. The van der Waals surface area contributed by atoms with Gasteiger partial charge in [-0.3, -0.25) is 0 Å². The molecule has 0 N–H and O–H groups in total. The Morgan fingerprint density at radius 2 is 2.00 bits per heavy atom. The van der Waals surface area contributed by atoms with E-state index in [1.165, 1.54) is 0 Å². The molecule has 4 nitrogen and oxygen atoms in total. The van der Waals surface area contributed by atoms with E-state index in [1.54, 1.807) is 6.08 Å². The minimum Gasteiger partial charge on any atom is -0.490 e. The van der Waals surface area contributed by atoms with Crippen LogP contribution in [0.2, 0.25) is 0 Å². The van der Waals surface area contributed by atoms with E-state index >= 15 is 0 Å². The number of nitrogens with zero attached hydrogens (tertiary/aromatic N) is 1. The number of ether oxygens (including phenoxy) is 2. The Morgan fingerprint density at radius 3 is 2.61 bits per heavy atom. The molecule has 0 saturated carbocycles. The predicted molar refractivity (Wildman–Crippen MR) is 70.9 cm³/mol. The molecular formula is C13H17NO3S. The summed E-state index contributed by atoms with van der Waals surface area (Å²) < 4.78 is 24.8. The van der Waals surface area contributed by atoms with E-state index in [1.807, 2.05) is 28.6 Å². The van der Waals surface area contributed by atoms with Crippen molar-refractivity contribution < 1.29 is 13.7 Å². The van der Waals surface area contributed by atoms with Gasteiger partial charge in [-0.2, -0.15) is 0 Å². The summed E-state index contributed by atoms with van der Waals surface area (Å²) in [7, 11) is -1.11. The van der Waals surface area contributed by atoms with Crippen LogP contribution in [-0.2, 0) is 15.7 Å². The van der Waals surface area contributed by atoms with Crippen molar-refractivity contribution in [2.75, 3.05) is 32.9 Å². The van der Waals surface area contributed by atoms with Crippen LogP contribution in [0, 0.1) is 0 Å². The highest BCUT2D eigenvalue weighted by Crippen LogP contribution is 2.17. The molecule has 18 heavy (non-hydrogen) atoms. The molecule has 0 aromatic heterocycles. The Labute approximate surface area is 110 Å². The first kappa shape index (κ1) is 13.3. The van der Waals surface area contributed by atoms with Crippen molar-refractivity contribution in [3.05, 3.63) is 36.9 Å². The lowest BCUT2D eigenvalue weighted by atomic mass is 10.3. The van der Waals surface area contributed by atoms with Crippen LogP contribution in [0.3, 0.4) is 0 Å². The molecule has 0 bridgehead atoms. The van der Waals surface area contributed by atoms with Gasteiger partial charge in [0.05, 0.1) is 18.1 Å². The summed E-state index contributed by atoms with van der Waals surface area (Å²) in [6.45, 7) is 6.78. The zero-order chi connectivity index (χ0) is 12.8. The summed E-state index contributed by atoms with van der Waals surface area (Å²) >= 11 is 0. The maximum Gasteiger partial charge on any atom is 0.127 e. The molecule has 5 heteroatoms. The first-order chi connectivity index (χ1) is 8.81. The molecule has 98 valence electrons. The highest BCUT2D eigenvalue weighted by atomic mass is 32.2. The second-order valence-electron chi connectivity index (χ2n) is 3.86. The third-order valence-corrected chi connectivity index (χ3v) is 4.11. The SMILES string of the molecule is C=CCOc1ccc(S(=O)N2CCOCC2)cc1. The molecule has 1 aliphatic rings. The number of hydrogen-bond donors (Lipinski definition) is 0. The lowest BCUT2D eigenvalue weighted by molar-refractivity contribution is 0.0752. The lowest BCUT2D eigenvalue weighted by Crippen LogP contribution is -2.37. The highest BCUT2D eigenvalue weighted by Gasteiger charge is 2.18. The molecule has 1 atom stereocenters. The summed E-state index contributed by atoms with van der Waals surface area (Å²) in [5, 5.41) is 0. The van der Waals surface area contributed by atoms with Gasteiger partial charge >= 0.3 is 0 Å². The van der Waals surface area contributed by atoms with Gasteiger partial charge < -0.3 is 9.47 Å². The van der Waals surface area contributed by atoms with E-state index in [0.717, 1.165) is 10.6 Å². The summed E-state index contributed by atoms with van der Waals surface area (Å²) in [5.74, 6) is 0.762. The van der Waals surface area contributed by atoms with E-state index in [0.29, 0.717) is 32.9 Å². The molecule has 2 rings (SSSR count). The van der Waals surface area contributed by atoms with Crippen molar-refractivity contribution in [1.29, 1.82) is 0 Å². The average Bonchev–Trinajstić information content (AvgIpc) is 2.46. The Morgan fingerprint density at radius 1 is 1.33 bits per heavy atom. The van der Waals surface area contributed by atoms with Gasteiger partial charge in [0.2, 0.25) is 0 Å². The average molecular weight is 267 g/mol. The van der Waals surface area contributed by atoms with Crippen LogP contribution in [0.1, 0.15) is 0 Å². The van der Waals surface area contributed by atoms with E-state index in [2.05, 4.69) is 6.58 Å². The van der Waals surface area contributed by atoms with Gasteiger partial charge in [0.15, 0.2) is 0 Å². The van der Waals surface area contributed by atoms with Crippen LogP contribution in [0.4, 0.5) is 0 Å². The molecule has 1 aliphatic heterocycles. The second-order valence-corrected chi connectivity index (χ2v) is 5.35. The predicted octanol–water partition coefficient (Wildman–Crippen LogP) is 1.61. The molecule has 0 radical (unpaired) electrons. The van der Waals surface area contributed by atoms with Gasteiger partial charge in [0, 0.05) is 13.1 Å². The topological polar surface area (TPSA) is 38.8 Å². The van der Waals surface area contributed by atoms with Gasteiger partial charge in [-0.05, 0) is 24.3 Å². The first-order valence-corrected chi connectivity index (χ1v) is 7.00. The van der Waals surface area contributed by atoms with Crippen LogP contribution >= 0.6 is 0 Å². The molecule has 0 spiro atoms. The minimum absolute atomic E-state index is 0.478. The quantitative estimate of drug-likeness (QED) is 0.761. The Bertz CT molecular complexity index is 413. The van der Waals surface area contributed by atoms with Crippen molar-refractivity contribution >= 4 is 11.0 Å². The summed E-state index contributed by atoms with van der Waals surface area (Å²) in [4.78, 5) is 0.794. The lowest BCUT2D eigenvalue weighted by Gasteiger charge is -2.25. The first-order valence-electron chi connectivity index (χ1n) is 5.89. The van der Waals surface area contributed by atoms with Crippen LogP contribution in [0.5, 0.6) is 5.75 Å². The molecule has 1 fully saturated rings. The van der Waals surface area contributed by atoms with Crippen molar-refractivity contribution in [2.45, 2.75) is 4.90 Å². The smallest absolute Gasteiger partial charge is 0.127 e. The van der Waals surface area contributed by atoms with E-state index in [9.17, 15) is 4.21 Å². The van der Waals surface area contributed by atoms with Crippen LogP contribution < -0.4 is 4.74 Å². The van der Waals surface area contributed by atoms with Gasteiger partial charge in [-0.15, -0.1) is 0 Å². The maximum atomic E-state index is 12.2. The third-order valence-electron chi connectivity index (χ3n) is 2.60. The normalized spacial score (nSPS) is 18.2. The number of morpholine rings is 1. The van der Waals surface area contributed by atoms with Crippen molar-refractivity contribution in [3.63, 3.8) is 0 Å². The molecule has 1 unspecified atom stereocenters. The molecule has 1 aromatic carbocycles. The largest absolute Gasteiger partial charge is 0.490 e. The van der Waals surface area contributed by atoms with Crippen LogP contribution in [-0.4, -0.2) is 41.4 Å². The fraction of sp³-hybridized carbons (Fsp3) is 0.385. The zero-order valence-corrected chi connectivity index (χ0v) is 11.0. The van der Waals surface area contributed by atoms with E-state index in [4.69, 9.17) is 9.47 Å². The van der Waals surface area contributed by atoms with Crippen molar-refractivity contribution in [3.8, 4) is 5.75 Å². The highest BCUT2D eigenvalue weighted by molar-refractivity contribution is 7.82. The van der Waals surface area contributed by atoms with Crippen molar-refractivity contribution in [2.24, 2.45) is 0 Å². The number of hydrogen-bond acceptors (Lipinski definition) is 3. The van der Waals surface area contributed by atoms with Gasteiger partial charge in [-0.25, -0.2) is 8.51 Å². The van der Waals surface area contributed by atoms with Crippen LogP contribution in [0.25, 0.3) is 0 Å². The second kappa shape index (κ2) is 6.68. The third kappa shape index (κ3) is 3.41. The van der Waals surface area contributed by atoms with E-state index < -0.39 is 11.0 Å². The Kier molecular flexibility index (Phi) is 4.92. The fourth-order valence-electron chi connectivity index (χ4n) is 1.67. The monoisotopic (exact) mass is 267 g/mol. The van der Waals surface area contributed by atoms with Crippen molar-refractivity contribution in [1.82, 2.24) is 4.31 Å². The van der Waals surface area contributed by atoms with Crippen LogP contribution in [0.15, 0.2) is 41.8 Å². The van der Waals surface area contributed by atoms with Gasteiger partial charge in [0.1, 0.15) is 23.3 Å². The molecular weight excluding hydrogens is 250 g/mol. The molecule has 1 aromatic rings. The maximum absolute atomic E-state index is 12.2. The molecule has 0 aliphatic carbocycles. The molecule has 1 saturated heterocycles. The van der Waals surface area contributed by atoms with E-state index in [-0.39, 0.29) is 0 Å². The summed E-state index contributed by atoms with van der Waals surface area (Å²) in [6.07, 6.45) is 1.69.